The molecule has 0 atom stereocenters. The Morgan fingerprint density at radius 2 is 1.54 bits per heavy atom. The molecule has 1 aromatic carbocycles. The zero-order valence-electron chi connectivity index (χ0n) is 7.99. The SMILES string of the molecule is Cc1cc(C)c(C=C(Cl)Cl)c(C)c1. The second-order valence-corrected chi connectivity index (χ2v) is 4.25. The Bertz CT molecular complexity index is 324. The summed E-state index contributed by atoms with van der Waals surface area (Å²) in [6.45, 7) is 6.20. The van der Waals surface area contributed by atoms with E-state index in [1.165, 1.54) is 16.7 Å². The van der Waals surface area contributed by atoms with Crippen molar-refractivity contribution in [3.05, 3.63) is 38.9 Å². The van der Waals surface area contributed by atoms with Crippen molar-refractivity contribution in [2.45, 2.75) is 20.8 Å². The molecule has 0 saturated heterocycles. The van der Waals surface area contributed by atoms with Crippen molar-refractivity contribution in [2.75, 3.05) is 0 Å². The van der Waals surface area contributed by atoms with E-state index in [1.54, 1.807) is 6.08 Å². The molecule has 13 heavy (non-hydrogen) atoms. The molecule has 0 spiro atoms. The van der Waals surface area contributed by atoms with Crippen molar-refractivity contribution in [2.24, 2.45) is 0 Å². The Morgan fingerprint density at radius 1 is 1.08 bits per heavy atom. The molecule has 2 heteroatoms. The lowest BCUT2D eigenvalue weighted by Crippen LogP contribution is -1.88. The average molecular weight is 215 g/mol. The van der Waals surface area contributed by atoms with Crippen LogP contribution in [-0.4, -0.2) is 0 Å². The van der Waals surface area contributed by atoms with Crippen LogP contribution in [0.2, 0.25) is 0 Å². The molecule has 0 N–H and O–H groups in total. The van der Waals surface area contributed by atoms with Crippen LogP contribution in [0.1, 0.15) is 22.3 Å². The fourth-order valence-electron chi connectivity index (χ4n) is 1.53. The molecule has 0 nitrogen and oxygen atoms in total. The zero-order valence-corrected chi connectivity index (χ0v) is 9.50. The van der Waals surface area contributed by atoms with Crippen LogP contribution in [0.4, 0.5) is 0 Å². The maximum Gasteiger partial charge on any atom is 0.107 e. The van der Waals surface area contributed by atoms with Gasteiger partial charge in [0.15, 0.2) is 0 Å². The summed E-state index contributed by atoms with van der Waals surface area (Å²) in [5, 5.41) is 0. The first-order valence-corrected chi connectivity index (χ1v) is 4.87. The summed E-state index contributed by atoms with van der Waals surface area (Å²) >= 11 is 11.2. The first-order chi connectivity index (χ1) is 6.00. The summed E-state index contributed by atoms with van der Waals surface area (Å²) in [4.78, 5) is 0. The Hall–Kier alpha value is -0.460. The molecule has 0 aliphatic carbocycles. The van der Waals surface area contributed by atoms with Crippen LogP contribution in [0.15, 0.2) is 16.6 Å². The summed E-state index contributed by atoms with van der Waals surface area (Å²) in [6, 6.07) is 4.24. The lowest BCUT2D eigenvalue weighted by Gasteiger charge is -2.06. The standard InChI is InChI=1S/C11H12Cl2/c1-7-4-8(2)10(6-11(12)13)9(3)5-7/h4-6H,1-3H3. The number of hydrogen-bond acceptors (Lipinski definition) is 0. The van der Waals surface area contributed by atoms with E-state index in [1.807, 2.05) is 0 Å². The van der Waals surface area contributed by atoms with Crippen LogP contribution in [0.25, 0.3) is 6.08 Å². The van der Waals surface area contributed by atoms with E-state index in [0.717, 1.165) is 5.56 Å². The van der Waals surface area contributed by atoms with Crippen molar-refractivity contribution >= 4 is 29.3 Å². The zero-order chi connectivity index (χ0) is 10.0. The molecule has 1 rings (SSSR count). The van der Waals surface area contributed by atoms with E-state index in [2.05, 4.69) is 32.9 Å². The first-order valence-electron chi connectivity index (χ1n) is 4.11. The number of benzene rings is 1. The molecule has 0 radical (unpaired) electrons. The molecular formula is C11H12Cl2. The van der Waals surface area contributed by atoms with Crippen LogP contribution in [0.5, 0.6) is 0 Å². The molecular weight excluding hydrogens is 203 g/mol. The third-order valence-corrected chi connectivity index (χ3v) is 2.21. The van der Waals surface area contributed by atoms with Crippen molar-refractivity contribution < 1.29 is 0 Å². The minimum Gasteiger partial charge on any atom is -0.0709 e. The Kier molecular flexibility index (Phi) is 3.40. The molecule has 0 aromatic heterocycles. The first kappa shape index (κ1) is 10.6. The lowest BCUT2D eigenvalue weighted by atomic mass is 10.0. The van der Waals surface area contributed by atoms with Crippen molar-refractivity contribution in [1.82, 2.24) is 0 Å². The van der Waals surface area contributed by atoms with Gasteiger partial charge in [0.1, 0.15) is 4.49 Å². The summed E-state index contributed by atoms with van der Waals surface area (Å²) in [5.74, 6) is 0. The van der Waals surface area contributed by atoms with E-state index >= 15 is 0 Å². The molecule has 0 saturated carbocycles. The van der Waals surface area contributed by atoms with E-state index in [-0.39, 0.29) is 0 Å². The van der Waals surface area contributed by atoms with Gasteiger partial charge < -0.3 is 0 Å². The van der Waals surface area contributed by atoms with Crippen LogP contribution < -0.4 is 0 Å². The van der Waals surface area contributed by atoms with Gasteiger partial charge in [0, 0.05) is 0 Å². The number of hydrogen-bond donors (Lipinski definition) is 0. The lowest BCUT2D eigenvalue weighted by molar-refractivity contribution is 1.30. The highest BCUT2D eigenvalue weighted by Gasteiger charge is 2.01. The summed E-state index contributed by atoms with van der Waals surface area (Å²) in [6.07, 6.45) is 1.78. The predicted molar refractivity (Wildman–Crippen MR) is 60.3 cm³/mol. The summed E-state index contributed by atoms with van der Waals surface area (Å²) in [5.41, 5.74) is 4.79. The topological polar surface area (TPSA) is 0 Å². The molecule has 0 aliphatic rings. The van der Waals surface area contributed by atoms with Gasteiger partial charge in [-0.15, -0.1) is 0 Å². The number of rotatable bonds is 1. The summed E-state index contributed by atoms with van der Waals surface area (Å²) in [7, 11) is 0. The van der Waals surface area contributed by atoms with E-state index in [0.29, 0.717) is 4.49 Å². The smallest absolute Gasteiger partial charge is 0.0709 e. The Morgan fingerprint density at radius 3 is 1.92 bits per heavy atom. The van der Waals surface area contributed by atoms with Gasteiger partial charge in [0.25, 0.3) is 0 Å². The fourth-order valence-corrected chi connectivity index (χ4v) is 1.75. The van der Waals surface area contributed by atoms with Crippen LogP contribution in [0, 0.1) is 20.8 Å². The molecule has 1 aromatic rings. The minimum absolute atomic E-state index is 0.301. The van der Waals surface area contributed by atoms with Crippen molar-refractivity contribution in [1.29, 1.82) is 0 Å². The van der Waals surface area contributed by atoms with Gasteiger partial charge in [-0.3, -0.25) is 0 Å². The molecule has 0 amide bonds. The number of aryl methyl sites for hydroxylation is 3. The second kappa shape index (κ2) is 4.17. The predicted octanol–water partition coefficient (Wildman–Crippen LogP) is 4.39. The highest BCUT2D eigenvalue weighted by Crippen LogP contribution is 2.21. The molecule has 0 heterocycles. The van der Waals surface area contributed by atoms with Crippen molar-refractivity contribution in [3.8, 4) is 0 Å². The normalized spacial score (nSPS) is 9.92. The monoisotopic (exact) mass is 214 g/mol. The van der Waals surface area contributed by atoms with Crippen LogP contribution in [0.3, 0.4) is 0 Å². The largest absolute Gasteiger partial charge is 0.107 e. The van der Waals surface area contributed by atoms with E-state index in [4.69, 9.17) is 23.2 Å². The molecule has 0 bridgehead atoms. The van der Waals surface area contributed by atoms with Crippen molar-refractivity contribution in [3.63, 3.8) is 0 Å². The summed E-state index contributed by atoms with van der Waals surface area (Å²) < 4.78 is 0.301. The molecule has 0 aliphatic heterocycles. The highest BCUT2D eigenvalue weighted by molar-refractivity contribution is 6.57. The van der Waals surface area contributed by atoms with Gasteiger partial charge in [-0.2, -0.15) is 0 Å². The van der Waals surface area contributed by atoms with Gasteiger partial charge >= 0.3 is 0 Å². The van der Waals surface area contributed by atoms with Gasteiger partial charge in [0.05, 0.1) is 0 Å². The second-order valence-electron chi connectivity index (χ2n) is 3.25. The third kappa shape index (κ3) is 2.75. The Labute approximate surface area is 89.2 Å². The highest BCUT2D eigenvalue weighted by atomic mass is 35.5. The van der Waals surface area contributed by atoms with E-state index in [9.17, 15) is 0 Å². The van der Waals surface area contributed by atoms with Gasteiger partial charge in [-0.25, -0.2) is 0 Å². The van der Waals surface area contributed by atoms with Gasteiger partial charge in [-0.05, 0) is 43.5 Å². The van der Waals surface area contributed by atoms with Gasteiger partial charge in [0.2, 0.25) is 0 Å². The molecule has 0 unspecified atom stereocenters. The fraction of sp³-hybridized carbons (Fsp3) is 0.273. The average Bonchev–Trinajstić information content (AvgIpc) is 1.96. The molecule has 0 fully saturated rings. The number of halogens is 2. The van der Waals surface area contributed by atoms with Crippen LogP contribution >= 0.6 is 23.2 Å². The third-order valence-electron chi connectivity index (χ3n) is 1.99. The Balaban J connectivity index is 3.29. The van der Waals surface area contributed by atoms with Gasteiger partial charge in [-0.1, -0.05) is 40.9 Å². The minimum atomic E-state index is 0.301. The maximum absolute atomic E-state index is 5.62. The molecule has 70 valence electrons. The van der Waals surface area contributed by atoms with E-state index < -0.39 is 0 Å². The quantitative estimate of drug-likeness (QED) is 0.651. The van der Waals surface area contributed by atoms with Crippen LogP contribution in [-0.2, 0) is 0 Å². The maximum atomic E-state index is 5.62.